The van der Waals surface area contributed by atoms with Crippen molar-refractivity contribution in [1.29, 1.82) is 0 Å². The zero-order chi connectivity index (χ0) is 29.4. The van der Waals surface area contributed by atoms with Crippen molar-refractivity contribution in [3.63, 3.8) is 0 Å². The van der Waals surface area contributed by atoms with Crippen LogP contribution in [0.3, 0.4) is 0 Å². The van der Waals surface area contributed by atoms with Gasteiger partial charge in [-0.15, -0.1) is 11.3 Å². The molecule has 1 aliphatic heterocycles. The van der Waals surface area contributed by atoms with Crippen LogP contribution in [0.4, 0.5) is 5.69 Å². The normalized spacial score (nSPS) is 15.3. The molecule has 10 heteroatoms. The Morgan fingerprint density at radius 2 is 1.73 bits per heavy atom. The molecule has 0 spiro atoms. The average Bonchev–Trinajstić information content (AvgIpc) is 3.72. The first kappa shape index (κ1) is 30.1. The third kappa shape index (κ3) is 7.45. The minimum absolute atomic E-state index is 0.0791. The molecule has 2 heterocycles. The van der Waals surface area contributed by atoms with Crippen LogP contribution in [-0.2, 0) is 14.3 Å². The molecule has 0 radical (unpaired) electrons. The number of rotatable bonds is 12. The number of nitrogens with zero attached hydrogens (tertiary/aromatic N) is 1. The lowest BCUT2D eigenvalue weighted by Gasteiger charge is -2.32. The highest BCUT2D eigenvalue weighted by molar-refractivity contribution is 7.12. The summed E-state index contributed by atoms with van der Waals surface area (Å²) in [6.07, 6.45) is 1.72. The Bertz CT molecular complexity index is 1320. The van der Waals surface area contributed by atoms with Gasteiger partial charge < -0.3 is 24.8 Å². The van der Waals surface area contributed by atoms with E-state index >= 15 is 0 Å². The van der Waals surface area contributed by atoms with Crippen LogP contribution in [0, 0.1) is 0 Å². The van der Waals surface area contributed by atoms with E-state index in [1.165, 1.54) is 30.5 Å². The van der Waals surface area contributed by atoms with Crippen molar-refractivity contribution in [2.75, 3.05) is 38.8 Å². The Balaban J connectivity index is 1.73. The number of thiophene rings is 1. The summed E-state index contributed by atoms with van der Waals surface area (Å²) in [6.45, 7) is 4.86. The van der Waals surface area contributed by atoms with Crippen molar-refractivity contribution in [3.8, 4) is 11.5 Å². The van der Waals surface area contributed by atoms with Crippen LogP contribution in [-0.4, -0.2) is 57.7 Å². The van der Waals surface area contributed by atoms with Crippen molar-refractivity contribution in [1.82, 2.24) is 10.6 Å². The maximum absolute atomic E-state index is 14.0. The molecule has 3 aromatic rings. The van der Waals surface area contributed by atoms with Crippen LogP contribution in [0.5, 0.6) is 11.5 Å². The van der Waals surface area contributed by atoms with Gasteiger partial charge in [0.2, 0.25) is 11.8 Å². The van der Waals surface area contributed by atoms with Crippen molar-refractivity contribution in [2.45, 2.75) is 44.8 Å². The summed E-state index contributed by atoms with van der Waals surface area (Å²) in [5, 5.41) is 7.50. The van der Waals surface area contributed by atoms with Crippen LogP contribution in [0.25, 0.3) is 0 Å². The van der Waals surface area contributed by atoms with Crippen molar-refractivity contribution in [3.05, 3.63) is 76.0 Å². The summed E-state index contributed by atoms with van der Waals surface area (Å²) in [5.74, 6) is 0.0362. The van der Waals surface area contributed by atoms with E-state index in [0.717, 1.165) is 18.4 Å². The Morgan fingerprint density at radius 3 is 2.34 bits per heavy atom. The van der Waals surface area contributed by atoms with Gasteiger partial charge in [0.1, 0.15) is 6.04 Å². The molecule has 0 saturated carbocycles. The molecule has 0 bridgehead atoms. The van der Waals surface area contributed by atoms with Crippen molar-refractivity contribution in [2.24, 2.45) is 0 Å². The van der Waals surface area contributed by atoms with E-state index in [4.69, 9.17) is 14.2 Å². The number of benzene rings is 2. The number of carbonyl (C=O) groups is 3. The van der Waals surface area contributed by atoms with E-state index in [-0.39, 0.29) is 30.4 Å². The summed E-state index contributed by atoms with van der Waals surface area (Å²) < 4.78 is 16.6. The summed E-state index contributed by atoms with van der Waals surface area (Å²) in [4.78, 5) is 42.5. The molecule has 1 aliphatic rings. The first-order chi connectivity index (χ1) is 19.8. The molecule has 9 nitrogen and oxygen atoms in total. The van der Waals surface area contributed by atoms with Crippen molar-refractivity contribution < 1.29 is 28.6 Å². The number of ether oxygens (including phenoxy) is 3. The van der Waals surface area contributed by atoms with Gasteiger partial charge in [-0.2, -0.15) is 0 Å². The van der Waals surface area contributed by atoms with Gasteiger partial charge >= 0.3 is 0 Å². The topological polar surface area (TPSA) is 106 Å². The van der Waals surface area contributed by atoms with Gasteiger partial charge in [-0.05, 0) is 65.6 Å². The average molecular weight is 580 g/mol. The molecular weight excluding hydrogens is 542 g/mol. The Hall–Kier alpha value is -3.89. The fraction of sp³-hybridized carbons (Fsp3) is 0.387. The molecule has 1 saturated heterocycles. The number of amides is 3. The number of methoxy groups -OCH3 is 2. The van der Waals surface area contributed by atoms with Gasteiger partial charge in [0.15, 0.2) is 11.5 Å². The van der Waals surface area contributed by atoms with Gasteiger partial charge in [-0.1, -0.05) is 38.1 Å². The molecule has 3 amide bonds. The summed E-state index contributed by atoms with van der Waals surface area (Å²) in [6, 6.07) is 15.1. The number of nitrogens with one attached hydrogen (secondary N) is 2. The number of carbonyl (C=O) groups excluding carboxylic acids is 3. The van der Waals surface area contributed by atoms with Crippen LogP contribution >= 0.6 is 11.3 Å². The maximum Gasteiger partial charge on any atom is 0.261 e. The lowest BCUT2D eigenvalue weighted by atomic mass is 10.00. The second kappa shape index (κ2) is 14.1. The predicted molar refractivity (Wildman–Crippen MR) is 159 cm³/mol. The molecular formula is C31H37N3O6S. The summed E-state index contributed by atoms with van der Waals surface area (Å²) >= 11 is 1.29. The second-order valence-corrected chi connectivity index (χ2v) is 11.0. The lowest BCUT2D eigenvalue weighted by Crippen LogP contribution is -2.48. The van der Waals surface area contributed by atoms with E-state index in [9.17, 15) is 14.4 Å². The minimum atomic E-state index is -1.06. The fourth-order valence-electron chi connectivity index (χ4n) is 4.75. The number of anilines is 1. The zero-order valence-electron chi connectivity index (χ0n) is 23.8. The lowest BCUT2D eigenvalue weighted by molar-refractivity contribution is -0.126. The van der Waals surface area contributed by atoms with Crippen molar-refractivity contribution >= 4 is 34.7 Å². The van der Waals surface area contributed by atoms with E-state index in [2.05, 4.69) is 24.5 Å². The largest absolute Gasteiger partial charge is 0.493 e. The highest BCUT2D eigenvalue weighted by Gasteiger charge is 2.34. The monoisotopic (exact) mass is 579 g/mol. The molecule has 218 valence electrons. The highest BCUT2D eigenvalue weighted by Crippen LogP contribution is 2.35. The zero-order valence-corrected chi connectivity index (χ0v) is 24.7. The standard InChI is InChI=1S/C31H37N3O6S/c1-20(2)21-9-12-23(13-10-21)34(28(35)19-33-30(36)27-8-6-16-41-27)29(31(37)32-18-24-7-5-15-40-24)22-11-14-25(38-3)26(17-22)39-4/h6,8-14,16-17,20,24,29H,5,7,15,18-19H2,1-4H3,(H,32,37)(H,33,36)/t24-,29+/m0/s1. The Labute approximate surface area is 244 Å². The van der Waals surface area contributed by atoms with E-state index < -0.39 is 11.9 Å². The van der Waals surface area contributed by atoms with E-state index in [1.54, 1.807) is 35.7 Å². The first-order valence-corrected chi connectivity index (χ1v) is 14.5. The van der Waals surface area contributed by atoms with Gasteiger partial charge in [-0.25, -0.2) is 0 Å². The Morgan fingerprint density at radius 1 is 1.00 bits per heavy atom. The van der Waals surface area contributed by atoms with Gasteiger partial charge in [0, 0.05) is 18.8 Å². The molecule has 2 N–H and O–H groups in total. The SMILES string of the molecule is COc1ccc([C@H](C(=O)NC[C@@H]2CCCO2)N(C(=O)CNC(=O)c2cccs2)c2ccc(C(C)C)cc2)cc1OC. The van der Waals surface area contributed by atoms with Crippen LogP contribution in [0.2, 0.25) is 0 Å². The number of hydrogen-bond acceptors (Lipinski definition) is 7. The summed E-state index contributed by atoms with van der Waals surface area (Å²) in [7, 11) is 3.05. The van der Waals surface area contributed by atoms with Gasteiger partial charge in [0.05, 0.1) is 31.7 Å². The third-order valence-corrected chi connectivity index (χ3v) is 7.88. The maximum atomic E-state index is 14.0. The fourth-order valence-corrected chi connectivity index (χ4v) is 5.39. The predicted octanol–water partition coefficient (Wildman–Crippen LogP) is 4.69. The smallest absolute Gasteiger partial charge is 0.261 e. The van der Waals surface area contributed by atoms with Gasteiger partial charge in [-0.3, -0.25) is 19.3 Å². The molecule has 41 heavy (non-hydrogen) atoms. The molecule has 0 aliphatic carbocycles. The quantitative estimate of drug-likeness (QED) is 0.323. The molecule has 2 atom stereocenters. The van der Waals surface area contributed by atoms with E-state index in [1.807, 2.05) is 24.3 Å². The highest BCUT2D eigenvalue weighted by atomic mass is 32.1. The van der Waals surface area contributed by atoms with Gasteiger partial charge in [0.25, 0.3) is 5.91 Å². The first-order valence-electron chi connectivity index (χ1n) is 13.7. The van der Waals surface area contributed by atoms with Crippen LogP contribution in [0.15, 0.2) is 60.0 Å². The number of hydrogen-bond donors (Lipinski definition) is 2. The second-order valence-electron chi connectivity index (χ2n) is 10.1. The molecule has 0 unspecified atom stereocenters. The molecule has 1 fully saturated rings. The third-order valence-electron chi connectivity index (χ3n) is 7.01. The molecule has 4 rings (SSSR count). The molecule has 2 aromatic carbocycles. The van der Waals surface area contributed by atoms with E-state index in [0.29, 0.717) is 40.8 Å². The van der Waals surface area contributed by atoms with Crippen LogP contribution < -0.4 is 25.0 Å². The molecule has 1 aromatic heterocycles. The van der Waals surface area contributed by atoms with Crippen LogP contribution in [0.1, 0.15) is 59.4 Å². The minimum Gasteiger partial charge on any atom is -0.493 e. The summed E-state index contributed by atoms with van der Waals surface area (Å²) in [5.41, 5.74) is 2.15. The Kier molecular flexibility index (Phi) is 10.4.